The van der Waals surface area contributed by atoms with Gasteiger partial charge in [0.25, 0.3) is 0 Å². The third kappa shape index (κ3) is 11.2. The third-order valence-electron chi connectivity index (χ3n) is 1.59. The summed E-state index contributed by atoms with van der Waals surface area (Å²) in [7, 11) is 0. The van der Waals surface area contributed by atoms with E-state index in [9.17, 15) is 5.11 Å². The second-order valence-electron chi connectivity index (χ2n) is 2.61. The molecule has 0 heterocycles. The van der Waals surface area contributed by atoms with Crippen LogP contribution in [-0.4, -0.2) is 6.10 Å². The molecule has 2 unspecified atom stereocenters. The fourth-order valence-corrected chi connectivity index (χ4v) is 0.701. The quantitative estimate of drug-likeness (QED) is 0.286. The summed E-state index contributed by atoms with van der Waals surface area (Å²) in [5.41, 5.74) is 0. The van der Waals surface area contributed by atoms with Gasteiger partial charge < -0.3 is 12.0 Å². The Bertz CT molecular complexity index is 67.1. The van der Waals surface area contributed by atoms with Gasteiger partial charge in [-0.1, -0.05) is 33.1 Å². The first-order chi connectivity index (χ1) is 4.18. The zero-order chi connectivity index (χ0) is 7.28. The first-order valence-corrected chi connectivity index (χ1v) is 3.67. The van der Waals surface area contributed by atoms with Crippen LogP contribution in [0.15, 0.2) is 0 Å². The van der Waals surface area contributed by atoms with Crippen LogP contribution in [0.2, 0.25) is 0 Å². The van der Waals surface area contributed by atoms with Crippen molar-refractivity contribution in [3.63, 3.8) is 0 Å². The van der Waals surface area contributed by atoms with Gasteiger partial charge in [-0.2, -0.15) is 12.0 Å². The Labute approximate surface area is 94.7 Å². The van der Waals surface area contributed by atoms with Crippen LogP contribution in [0, 0.1) is 12.8 Å². The maximum absolute atomic E-state index is 10.7. The summed E-state index contributed by atoms with van der Waals surface area (Å²) in [4.78, 5) is 0. The van der Waals surface area contributed by atoms with Crippen LogP contribution >= 0.6 is 0 Å². The van der Waals surface area contributed by atoms with E-state index >= 15 is 0 Å². The van der Waals surface area contributed by atoms with Crippen molar-refractivity contribution in [2.75, 3.05) is 0 Å². The summed E-state index contributed by atoms with van der Waals surface area (Å²) in [6.07, 6.45) is 2.80. The Morgan fingerprint density at radius 2 is 1.82 bits per heavy atom. The topological polar surface area (TPSA) is 23.1 Å². The van der Waals surface area contributed by atoms with Crippen molar-refractivity contribution >= 4 is 0 Å². The minimum absolute atomic E-state index is 0. The molecule has 0 N–H and O–H groups in total. The number of hydrogen-bond acceptors (Lipinski definition) is 1. The molecule has 0 fully saturated rings. The van der Waals surface area contributed by atoms with Crippen molar-refractivity contribution in [2.45, 2.75) is 39.2 Å². The Morgan fingerprint density at radius 1 is 1.36 bits per heavy atom. The van der Waals surface area contributed by atoms with Gasteiger partial charge in [-0.15, -0.1) is 0 Å². The minimum Gasteiger partial charge on any atom is -0.854 e. The van der Waals surface area contributed by atoms with Gasteiger partial charge in [0, 0.05) is 0 Å². The van der Waals surface area contributed by atoms with Crippen LogP contribution in [-0.2, 0) is 0 Å². The standard InChI is InChI=1S/C8H16O.2Li/c1-4-5-6-7(2)8(3)9;;/h7-8H,2,4-6H2,1,3H3;;/q-2;2*+1. The molecule has 56 valence electrons. The normalized spacial score (nSPS) is 14.2. The SMILES string of the molecule is [CH2-]C(CCCC)C(C)[O-].[Li+].[Li+]. The van der Waals surface area contributed by atoms with Crippen LogP contribution < -0.4 is 42.8 Å². The molecular weight excluding hydrogens is 126 g/mol. The monoisotopic (exact) mass is 142 g/mol. The zero-order valence-corrected chi connectivity index (χ0v) is 8.39. The average molecular weight is 142 g/mol. The predicted molar refractivity (Wildman–Crippen MR) is 37.8 cm³/mol. The molecule has 0 aliphatic heterocycles. The molecule has 0 aliphatic rings. The molecule has 1 nitrogen and oxygen atoms in total. The van der Waals surface area contributed by atoms with Gasteiger partial charge in [-0.3, -0.25) is 0 Å². The Balaban J connectivity index is -0.000000320. The molecule has 0 spiro atoms. The fraction of sp³-hybridized carbons (Fsp3) is 0.875. The molecule has 0 bridgehead atoms. The van der Waals surface area contributed by atoms with Crippen molar-refractivity contribution in [1.29, 1.82) is 0 Å². The van der Waals surface area contributed by atoms with E-state index in [0.717, 1.165) is 12.8 Å². The van der Waals surface area contributed by atoms with E-state index in [1.165, 1.54) is 6.42 Å². The van der Waals surface area contributed by atoms with E-state index in [2.05, 4.69) is 13.8 Å². The van der Waals surface area contributed by atoms with Crippen molar-refractivity contribution < 1.29 is 42.8 Å². The van der Waals surface area contributed by atoms with E-state index in [-0.39, 0.29) is 43.6 Å². The summed E-state index contributed by atoms with van der Waals surface area (Å²) in [5, 5.41) is 10.7. The van der Waals surface area contributed by atoms with Crippen molar-refractivity contribution in [3.8, 4) is 0 Å². The van der Waals surface area contributed by atoms with E-state index in [1.54, 1.807) is 6.92 Å². The fourth-order valence-electron chi connectivity index (χ4n) is 0.701. The van der Waals surface area contributed by atoms with Crippen LogP contribution in [0.5, 0.6) is 0 Å². The molecule has 0 aromatic rings. The van der Waals surface area contributed by atoms with Crippen LogP contribution in [0.3, 0.4) is 0 Å². The van der Waals surface area contributed by atoms with Gasteiger partial charge in [-0.25, -0.2) is 0 Å². The predicted octanol–water partition coefficient (Wildman–Crippen LogP) is -4.62. The van der Waals surface area contributed by atoms with Gasteiger partial charge in [0.2, 0.25) is 0 Å². The Kier molecular flexibility index (Phi) is 18.3. The van der Waals surface area contributed by atoms with Crippen LogP contribution in [0.25, 0.3) is 0 Å². The second-order valence-corrected chi connectivity index (χ2v) is 2.61. The smallest absolute Gasteiger partial charge is 0.854 e. The molecule has 0 saturated heterocycles. The number of unbranched alkanes of at least 4 members (excludes halogenated alkanes) is 1. The van der Waals surface area contributed by atoms with E-state index in [0.29, 0.717) is 0 Å². The molecule has 0 radical (unpaired) electrons. The molecule has 2 atom stereocenters. The molecular formula is C8H16Li2O. The summed E-state index contributed by atoms with van der Waals surface area (Å²) in [5.74, 6) is 0.116. The summed E-state index contributed by atoms with van der Waals surface area (Å²) in [6.45, 7) is 7.58. The maximum Gasteiger partial charge on any atom is 1.00 e. The van der Waals surface area contributed by atoms with E-state index < -0.39 is 6.10 Å². The van der Waals surface area contributed by atoms with Gasteiger partial charge in [0.1, 0.15) is 0 Å². The zero-order valence-electron chi connectivity index (χ0n) is 8.39. The van der Waals surface area contributed by atoms with E-state index in [4.69, 9.17) is 0 Å². The first-order valence-electron chi connectivity index (χ1n) is 3.67. The number of rotatable bonds is 4. The van der Waals surface area contributed by atoms with Crippen molar-refractivity contribution in [2.24, 2.45) is 5.92 Å². The van der Waals surface area contributed by atoms with Gasteiger partial charge in [0.15, 0.2) is 0 Å². The molecule has 0 rings (SSSR count). The van der Waals surface area contributed by atoms with Gasteiger partial charge >= 0.3 is 37.7 Å². The molecule has 0 amide bonds. The van der Waals surface area contributed by atoms with Crippen molar-refractivity contribution in [3.05, 3.63) is 6.92 Å². The largest absolute Gasteiger partial charge is 1.00 e. The van der Waals surface area contributed by atoms with Gasteiger partial charge in [0.05, 0.1) is 0 Å². The minimum atomic E-state index is -0.489. The summed E-state index contributed by atoms with van der Waals surface area (Å²) < 4.78 is 0. The van der Waals surface area contributed by atoms with Crippen LogP contribution in [0.1, 0.15) is 33.1 Å². The van der Waals surface area contributed by atoms with E-state index in [1.807, 2.05) is 0 Å². The second kappa shape index (κ2) is 11.2. The number of hydrogen-bond donors (Lipinski definition) is 0. The average Bonchev–Trinajstić information content (AvgIpc) is 1.82. The van der Waals surface area contributed by atoms with Crippen LogP contribution in [0.4, 0.5) is 0 Å². The molecule has 0 aliphatic carbocycles. The molecule has 0 aromatic heterocycles. The molecule has 0 aromatic carbocycles. The molecule has 3 heteroatoms. The molecule has 0 saturated carbocycles. The molecule has 11 heavy (non-hydrogen) atoms. The third-order valence-corrected chi connectivity index (χ3v) is 1.59. The Hall–Kier alpha value is 1.15. The summed E-state index contributed by atoms with van der Waals surface area (Å²) in [6, 6.07) is 0. The first kappa shape index (κ1) is 18.0. The summed E-state index contributed by atoms with van der Waals surface area (Å²) >= 11 is 0. The maximum atomic E-state index is 10.7. The van der Waals surface area contributed by atoms with Crippen molar-refractivity contribution in [1.82, 2.24) is 0 Å². The van der Waals surface area contributed by atoms with Gasteiger partial charge in [-0.05, 0) is 0 Å². The Morgan fingerprint density at radius 3 is 2.09 bits per heavy atom.